The Kier molecular flexibility index (Phi) is 6.56. The lowest BCUT2D eigenvalue weighted by Gasteiger charge is -2.42. The van der Waals surface area contributed by atoms with Crippen LogP contribution in [-0.4, -0.2) is 51.8 Å². The van der Waals surface area contributed by atoms with Crippen molar-refractivity contribution in [2.75, 3.05) is 45.9 Å². The van der Waals surface area contributed by atoms with Crippen molar-refractivity contribution in [3.05, 3.63) is 52.6 Å². The quantitative estimate of drug-likeness (QED) is 0.632. The maximum Gasteiger partial charge on any atom is 0.229 e. The van der Waals surface area contributed by atoms with Gasteiger partial charge in [-0.05, 0) is 18.2 Å². The summed E-state index contributed by atoms with van der Waals surface area (Å²) in [6.07, 6.45) is 0.184. The Balaban J connectivity index is 1.68. The Morgan fingerprint density at radius 3 is 2.27 bits per heavy atom. The molecule has 0 bridgehead atoms. The number of benzene rings is 2. The number of thioether (sulfide) groups is 1. The predicted octanol–water partition coefficient (Wildman–Crippen LogP) is 3.94. The van der Waals surface area contributed by atoms with Gasteiger partial charge in [-0.15, -0.1) is 0 Å². The zero-order valence-electron chi connectivity index (χ0n) is 19.0. The van der Waals surface area contributed by atoms with Gasteiger partial charge in [0.2, 0.25) is 5.91 Å². The highest BCUT2D eigenvalue weighted by Gasteiger charge is 2.39. The fourth-order valence-corrected chi connectivity index (χ4v) is 5.29. The first-order valence-electron chi connectivity index (χ1n) is 10.3. The molecule has 2 aliphatic heterocycles. The first-order chi connectivity index (χ1) is 16.0. The van der Waals surface area contributed by atoms with Crippen LogP contribution in [0.15, 0.2) is 47.0 Å². The summed E-state index contributed by atoms with van der Waals surface area (Å²) in [5.41, 5.74) is 2.23. The molecule has 0 aromatic heterocycles. The topological polar surface area (TPSA) is 84.3 Å². The summed E-state index contributed by atoms with van der Waals surface area (Å²) in [6.45, 7) is 0.335. The van der Waals surface area contributed by atoms with Crippen LogP contribution in [0.1, 0.15) is 17.9 Å². The molecule has 4 rings (SSSR count). The number of methoxy groups -OCH3 is 4. The van der Waals surface area contributed by atoms with Crippen LogP contribution >= 0.6 is 11.8 Å². The molecule has 2 aromatic rings. The molecule has 0 radical (unpaired) electrons. The van der Waals surface area contributed by atoms with Gasteiger partial charge in [-0.3, -0.25) is 9.69 Å². The van der Waals surface area contributed by atoms with Crippen LogP contribution in [0.3, 0.4) is 0 Å². The maximum atomic E-state index is 13.3. The van der Waals surface area contributed by atoms with Crippen molar-refractivity contribution >= 4 is 23.4 Å². The first-order valence-corrected chi connectivity index (χ1v) is 11.3. The lowest BCUT2D eigenvalue weighted by molar-refractivity contribution is -0.129. The van der Waals surface area contributed by atoms with E-state index in [0.29, 0.717) is 46.1 Å². The zero-order chi connectivity index (χ0) is 23.5. The molecule has 0 N–H and O–H groups in total. The number of carbonyl (C=O) groups is 1. The predicted molar refractivity (Wildman–Crippen MR) is 126 cm³/mol. The van der Waals surface area contributed by atoms with E-state index >= 15 is 0 Å². The van der Waals surface area contributed by atoms with E-state index in [9.17, 15) is 10.1 Å². The molecule has 2 aliphatic rings. The molecule has 2 heterocycles. The highest BCUT2D eigenvalue weighted by atomic mass is 32.2. The van der Waals surface area contributed by atoms with Gasteiger partial charge >= 0.3 is 0 Å². The molecule has 33 heavy (non-hydrogen) atoms. The van der Waals surface area contributed by atoms with E-state index in [1.807, 2.05) is 35.2 Å². The second-order valence-corrected chi connectivity index (χ2v) is 8.44. The van der Waals surface area contributed by atoms with Crippen LogP contribution in [0.5, 0.6) is 23.0 Å². The zero-order valence-corrected chi connectivity index (χ0v) is 19.8. The van der Waals surface area contributed by atoms with Crippen LogP contribution in [0.2, 0.25) is 0 Å². The highest BCUT2D eigenvalue weighted by molar-refractivity contribution is 8.03. The van der Waals surface area contributed by atoms with E-state index in [2.05, 4.69) is 6.07 Å². The average Bonchev–Trinajstić information content (AvgIpc) is 2.87. The third-order valence-electron chi connectivity index (χ3n) is 5.84. The summed E-state index contributed by atoms with van der Waals surface area (Å²) in [7, 11) is 6.37. The molecule has 1 atom stereocenters. The summed E-state index contributed by atoms with van der Waals surface area (Å²) in [4.78, 5) is 17.0. The number of hydrogen-bond acceptors (Lipinski definition) is 8. The molecule has 1 amide bonds. The smallest absolute Gasteiger partial charge is 0.229 e. The lowest BCUT2D eigenvalue weighted by Crippen LogP contribution is -2.47. The number of nitriles is 1. The van der Waals surface area contributed by atoms with Gasteiger partial charge in [0.25, 0.3) is 0 Å². The number of rotatable bonds is 6. The van der Waals surface area contributed by atoms with Gasteiger partial charge in [0.1, 0.15) is 23.0 Å². The summed E-state index contributed by atoms with van der Waals surface area (Å²) in [6, 6.07) is 13.4. The van der Waals surface area contributed by atoms with E-state index in [1.54, 1.807) is 39.4 Å². The van der Waals surface area contributed by atoms with E-state index in [1.165, 1.54) is 11.8 Å². The van der Waals surface area contributed by atoms with Gasteiger partial charge in [-0.1, -0.05) is 17.8 Å². The fourth-order valence-electron chi connectivity index (χ4n) is 4.13. The van der Waals surface area contributed by atoms with Crippen molar-refractivity contribution in [2.24, 2.45) is 0 Å². The first kappa shape index (κ1) is 22.7. The van der Waals surface area contributed by atoms with Gasteiger partial charge < -0.3 is 23.8 Å². The molecule has 0 aliphatic carbocycles. The van der Waals surface area contributed by atoms with Gasteiger partial charge in [0, 0.05) is 30.0 Å². The number of hydrogen-bond donors (Lipinski definition) is 0. The van der Waals surface area contributed by atoms with Gasteiger partial charge in [0.15, 0.2) is 0 Å². The van der Waals surface area contributed by atoms with Crippen molar-refractivity contribution in [3.8, 4) is 29.1 Å². The molecule has 172 valence electrons. The fraction of sp³-hybridized carbons (Fsp3) is 0.333. The minimum absolute atomic E-state index is 0.0449. The van der Waals surface area contributed by atoms with Gasteiger partial charge in [-0.2, -0.15) is 5.26 Å². The Morgan fingerprint density at radius 2 is 1.64 bits per heavy atom. The van der Waals surface area contributed by atoms with E-state index in [0.717, 1.165) is 11.3 Å². The Hall–Kier alpha value is -3.51. The van der Waals surface area contributed by atoms with Crippen LogP contribution in [-0.2, 0) is 4.79 Å². The van der Waals surface area contributed by atoms with Crippen LogP contribution in [0, 0.1) is 11.3 Å². The summed E-state index contributed by atoms with van der Waals surface area (Å²) in [5.74, 6) is 2.76. The van der Waals surface area contributed by atoms with Crippen molar-refractivity contribution < 1.29 is 23.7 Å². The normalized spacial score (nSPS) is 17.9. The molecule has 8 nitrogen and oxygen atoms in total. The maximum absolute atomic E-state index is 13.3. The standard InChI is InChI=1S/C24H25N3O5S/c1-29-15-5-7-17(21(9-15)31-3)18-11-23(28)27-13-26(14-33-24(27)19(18)12-25)20-8-6-16(30-2)10-22(20)32-4/h5-10,18H,11,13-14H2,1-4H3. The summed E-state index contributed by atoms with van der Waals surface area (Å²) >= 11 is 1.47. The Labute approximate surface area is 197 Å². The van der Waals surface area contributed by atoms with Crippen LogP contribution in [0.4, 0.5) is 5.69 Å². The molecule has 1 saturated heterocycles. The van der Waals surface area contributed by atoms with Crippen LogP contribution < -0.4 is 23.8 Å². The second kappa shape index (κ2) is 9.55. The number of amides is 1. The third-order valence-corrected chi connectivity index (χ3v) is 6.99. The number of fused-ring (bicyclic) bond motifs is 1. The van der Waals surface area contributed by atoms with Crippen LogP contribution in [0.25, 0.3) is 0 Å². The minimum atomic E-state index is -0.371. The number of carbonyl (C=O) groups excluding carboxylic acids is 1. The Morgan fingerprint density at radius 1 is 0.970 bits per heavy atom. The van der Waals surface area contributed by atoms with Gasteiger partial charge in [-0.25, -0.2) is 0 Å². The molecular weight excluding hydrogens is 442 g/mol. The largest absolute Gasteiger partial charge is 0.497 e. The van der Waals surface area contributed by atoms with Gasteiger partial charge in [0.05, 0.1) is 63.3 Å². The number of anilines is 1. The minimum Gasteiger partial charge on any atom is -0.497 e. The summed E-state index contributed by atoms with van der Waals surface area (Å²) in [5, 5.41) is 10.8. The van der Waals surface area contributed by atoms with Crippen molar-refractivity contribution in [1.82, 2.24) is 4.90 Å². The molecule has 9 heteroatoms. The van der Waals surface area contributed by atoms with E-state index in [-0.39, 0.29) is 18.2 Å². The molecular formula is C24H25N3O5S. The lowest BCUT2D eigenvalue weighted by atomic mass is 9.86. The number of allylic oxidation sites excluding steroid dienone is 1. The SMILES string of the molecule is COc1ccc(C2CC(=O)N3CN(c4ccc(OC)cc4OC)CSC3=C2C#N)c(OC)c1. The van der Waals surface area contributed by atoms with E-state index < -0.39 is 0 Å². The highest BCUT2D eigenvalue weighted by Crippen LogP contribution is 2.46. The van der Waals surface area contributed by atoms with Crippen molar-refractivity contribution in [1.29, 1.82) is 5.26 Å². The Bertz CT molecular complexity index is 1140. The van der Waals surface area contributed by atoms with Crippen molar-refractivity contribution in [3.63, 3.8) is 0 Å². The van der Waals surface area contributed by atoms with E-state index in [4.69, 9.17) is 18.9 Å². The molecule has 1 fully saturated rings. The second-order valence-electron chi connectivity index (χ2n) is 7.51. The van der Waals surface area contributed by atoms with Crippen molar-refractivity contribution in [2.45, 2.75) is 12.3 Å². The summed E-state index contributed by atoms with van der Waals surface area (Å²) < 4.78 is 21.7. The number of nitrogens with zero attached hydrogens (tertiary/aromatic N) is 3. The molecule has 0 saturated carbocycles. The monoisotopic (exact) mass is 467 g/mol. The molecule has 1 unspecified atom stereocenters. The average molecular weight is 468 g/mol. The third kappa shape index (κ3) is 4.14. The molecule has 0 spiro atoms. The number of ether oxygens (including phenoxy) is 4. The molecule has 2 aromatic carbocycles.